The van der Waals surface area contributed by atoms with E-state index in [9.17, 15) is 14.4 Å². The Kier molecular flexibility index (Phi) is 5.33. The van der Waals surface area contributed by atoms with E-state index in [0.29, 0.717) is 5.56 Å². The fraction of sp³-hybridized carbons (Fsp3) is 0. The molecule has 1 aromatic carbocycles. The molecule has 0 aliphatic heterocycles. The maximum Gasteiger partial charge on any atom is 0.133 e. The molecule has 4 heteroatoms. The minimum atomic E-state index is 0. The van der Waals surface area contributed by atoms with E-state index in [2.05, 4.69) is 0 Å². The van der Waals surface area contributed by atoms with Crippen LogP contribution >= 0.6 is 0 Å². The van der Waals surface area contributed by atoms with Gasteiger partial charge in [-0.2, -0.15) is 0 Å². The molecule has 0 spiro atoms. The summed E-state index contributed by atoms with van der Waals surface area (Å²) in [5.41, 5.74) is 0.325. The molecule has 70 valence electrons. The van der Waals surface area contributed by atoms with Crippen molar-refractivity contribution in [1.82, 2.24) is 0 Å². The molecular formula is C10H4O3Ru. The zero-order chi connectivity index (χ0) is 9.68. The van der Waals surface area contributed by atoms with Crippen LogP contribution < -0.4 is 10.4 Å². The Labute approximate surface area is 92.2 Å². The van der Waals surface area contributed by atoms with Gasteiger partial charge in [-0.1, -0.05) is 0 Å². The summed E-state index contributed by atoms with van der Waals surface area (Å²) in [5, 5.41) is 0.503. The maximum atomic E-state index is 10.3. The standard InChI is InChI=1S/C10H4O3.Ru/c11-4-3-9-5-8(6-12)1-2-10(9)7-13;/h1-3,5H;. The van der Waals surface area contributed by atoms with E-state index in [1.807, 2.05) is 0 Å². The predicted molar refractivity (Wildman–Crippen MR) is 45.4 cm³/mol. The third-order valence-electron chi connectivity index (χ3n) is 1.49. The van der Waals surface area contributed by atoms with Gasteiger partial charge < -0.3 is 0 Å². The summed E-state index contributed by atoms with van der Waals surface area (Å²) in [6, 6.07) is 4.20. The summed E-state index contributed by atoms with van der Waals surface area (Å²) in [5.74, 6) is 4.82. The van der Waals surface area contributed by atoms with Gasteiger partial charge in [-0.15, -0.1) is 0 Å². The number of hydrogen-bond acceptors (Lipinski definition) is 3. The molecule has 0 atom stereocenters. The van der Waals surface area contributed by atoms with Crippen LogP contribution in [0, 0.1) is 0 Å². The van der Waals surface area contributed by atoms with Crippen molar-refractivity contribution in [3.05, 3.63) is 34.2 Å². The summed E-state index contributed by atoms with van der Waals surface area (Å²) in [7, 11) is 0. The van der Waals surface area contributed by atoms with Gasteiger partial charge in [-0.05, 0) is 18.2 Å². The fourth-order valence-corrected chi connectivity index (χ4v) is 0.902. The zero-order valence-corrected chi connectivity index (χ0v) is 8.63. The van der Waals surface area contributed by atoms with Crippen molar-refractivity contribution in [2.24, 2.45) is 0 Å². The first-order chi connectivity index (χ1) is 6.31. The topological polar surface area (TPSA) is 51.2 Å². The molecule has 0 heterocycles. The number of carbonyl (C=O) groups excluding carboxylic acids is 3. The van der Waals surface area contributed by atoms with Crippen molar-refractivity contribution in [2.75, 3.05) is 0 Å². The average Bonchev–Trinajstić information content (AvgIpc) is 2.18. The van der Waals surface area contributed by atoms with Crippen LogP contribution in [0.15, 0.2) is 18.2 Å². The van der Waals surface area contributed by atoms with Crippen molar-refractivity contribution >= 4 is 23.9 Å². The van der Waals surface area contributed by atoms with Gasteiger partial charge in [-0.25, -0.2) is 14.4 Å². The Hall–Kier alpha value is -1.55. The van der Waals surface area contributed by atoms with E-state index in [4.69, 9.17) is 0 Å². The van der Waals surface area contributed by atoms with E-state index >= 15 is 0 Å². The van der Waals surface area contributed by atoms with E-state index < -0.39 is 0 Å². The number of benzene rings is 1. The second kappa shape index (κ2) is 5.99. The molecular weight excluding hydrogens is 269 g/mol. The molecule has 0 aromatic heterocycles. The van der Waals surface area contributed by atoms with Gasteiger partial charge in [-0.3, -0.25) is 0 Å². The first-order valence-corrected chi connectivity index (χ1v) is 3.43. The van der Waals surface area contributed by atoms with Gasteiger partial charge in [0.25, 0.3) is 0 Å². The van der Waals surface area contributed by atoms with Crippen molar-refractivity contribution in [1.29, 1.82) is 0 Å². The molecule has 0 amide bonds. The van der Waals surface area contributed by atoms with Crippen molar-refractivity contribution in [3.63, 3.8) is 0 Å². The van der Waals surface area contributed by atoms with E-state index in [1.54, 1.807) is 11.9 Å². The maximum absolute atomic E-state index is 10.3. The van der Waals surface area contributed by atoms with Gasteiger partial charge in [0, 0.05) is 31.1 Å². The van der Waals surface area contributed by atoms with Crippen LogP contribution in [-0.2, 0) is 33.9 Å². The monoisotopic (exact) mass is 274 g/mol. The molecule has 14 heavy (non-hydrogen) atoms. The summed E-state index contributed by atoms with van der Waals surface area (Å²) in [4.78, 5) is 30.6. The molecule has 1 aromatic rings. The Balaban J connectivity index is 0.00000169. The van der Waals surface area contributed by atoms with Crippen LogP contribution in [0.2, 0.25) is 0 Å². The van der Waals surface area contributed by atoms with Crippen LogP contribution in [-0.4, -0.2) is 17.8 Å². The quantitative estimate of drug-likeness (QED) is 0.464. The Bertz CT molecular complexity index is 531. The summed E-state index contributed by atoms with van der Waals surface area (Å²) in [6.07, 6.45) is 1.07. The van der Waals surface area contributed by atoms with Gasteiger partial charge in [0.05, 0.1) is 10.4 Å². The molecule has 0 saturated carbocycles. The first kappa shape index (κ1) is 12.5. The van der Waals surface area contributed by atoms with Crippen molar-refractivity contribution in [3.8, 4) is 0 Å². The van der Waals surface area contributed by atoms with Gasteiger partial charge >= 0.3 is 0 Å². The zero-order valence-electron chi connectivity index (χ0n) is 6.89. The average molecular weight is 273 g/mol. The van der Waals surface area contributed by atoms with Crippen LogP contribution in [0.4, 0.5) is 0 Å². The Morgan fingerprint density at radius 3 is 2.29 bits per heavy atom. The third-order valence-corrected chi connectivity index (χ3v) is 1.49. The third kappa shape index (κ3) is 2.74. The minimum Gasteiger partial charge on any atom is -0.233 e. The van der Waals surface area contributed by atoms with Gasteiger partial charge in [0.1, 0.15) is 17.8 Å². The van der Waals surface area contributed by atoms with Crippen molar-refractivity contribution in [2.45, 2.75) is 0 Å². The van der Waals surface area contributed by atoms with E-state index in [0.717, 1.165) is 6.08 Å². The van der Waals surface area contributed by atoms with E-state index in [-0.39, 0.29) is 29.9 Å². The van der Waals surface area contributed by atoms with E-state index in [1.165, 1.54) is 24.1 Å². The van der Waals surface area contributed by atoms with Gasteiger partial charge in [0.15, 0.2) is 0 Å². The largest absolute Gasteiger partial charge is 0.233 e. The second-order valence-corrected chi connectivity index (χ2v) is 2.27. The van der Waals surface area contributed by atoms with Crippen LogP contribution in [0.3, 0.4) is 0 Å². The fourth-order valence-electron chi connectivity index (χ4n) is 0.902. The molecule has 0 unspecified atom stereocenters. The molecule has 0 saturated heterocycles. The predicted octanol–water partition coefficient (Wildman–Crippen LogP) is -1.46. The number of hydrogen-bond donors (Lipinski definition) is 0. The van der Waals surface area contributed by atoms with Crippen molar-refractivity contribution < 1.29 is 33.9 Å². The van der Waals surface area contributed by atoms with Gasteiger partial charge in [0.2, 0.25) is 0 Å². The summed E-state index contributed by atoms with van der Waals surface area (Å²) >= 11 is 0. The second-order valence-electron chi connectivity index (χ2n) is 2.27. The Morgan fingerprint density at radius 2 is 1.79 bits per heavy atom. The number of rotatable bonds is 1. The SMILES string of the molecule is O=C=Cc1cc(=C=O)ccc1=C=O.[Ru]. The minimum absolute atomic E-state index is 0. The first-order valence-electron chi connectivity index (χ1n) is 3.43. The molecule has 0 radical (unpaired) electrons. The molecule has 0 aliphatic carbocycles. The molecule has 0 N–H and O–H groups in total. The summed E-state index contributed by atoms with van der Waals surface area (Å²) < 4.78 is 0. The summed E-state index contributed by atoms with van der Waals surface area (Å²) in [6.45, 7) is 0. The van der Waals surface area contributed by atoms with Crippen LogP contribution in [0.25, 0.3) is 6.08 Å². The van der Waals surface area contributed by atoms with Crippen LogP contribution in [0.1, 0.15) is 5.56 Å². The molecule has 0 bridgehead atoms. The molecule has 0 aliphatic rings. The van der Waals surface area contributed by atoms with Crippen LogP contribution in [0.5, 0.6) is 0 Å². The molecule has 3 nitrogen and oxygen atoms in total. The smallest absolute Gasteiger partial charge is 0.133 e. The normalized spacial score (nSPS) is 7.43. The molecule has 1 rings (SSSR count). The molecule has 0 fully saturated rings. The Morgan fingerprint density at radius 1 is 1.07 bits per heavy atom.